The second-order valence-corrected chi connectivity index (χ2v) is 7.66. The van der Waals surface area contributed by atoms with Gasteiger partial charge in [-0.15, -0.1) is 0 Å². The van der Waals surface area contributed by atoms with E-state index < -0.39 is 10.0 Å². The summed E-state index contributed by atoms with van der Waals surface area (Å²) in [5.74, 6) is 0.622. The molecule has 0 saturated carbocycles. The number of amides is 1. The SMILES string of the molecule is CSCCC(=O)Nc1ccc(C)c(S(=O)(=O)N(C)C)c1. The Morgan fingerprint density at radius 3 is 2.55 bits per heavy atom. The zero-order chi connectivity index (χ0) is 15.3. The van der Waals surface area contributed by atoms with E-state index in [-0.39, 0.29) is 10.8 Å². The van der Waals surface area contributed by atoms with Crippen molar-refractivity contribution in [2.45, 2.75) is 18.2 Å². The minimum atomic E-state index is -3.50. The number of hydrogen-bond donors (Lipinski definition) is 1. The van der Waals surface area contributed by atoms with Crippen LogP contribution in [0.3, 0.4) is 0 Å². The van der Waals surface area contributed by atoms with Crippen molar-refractivity contribution in [3.63, 3.8) is 0 Å². The van der Waals surface area contributed by atoms with E-state index in [1.165, 1.54) is 20.2 Å². The predicted molar refractivity (Wildman–Crippen MR) is 83.7 cm³/mol. The Hall–Kier alpha value is -1.05. The van der Waals surface area contributed by atoms with Crippen LogP contribution in [0.15, 0.2) is 23.1 Å². The highest BCUT2D eigenvalue weighted by atomic mass is 32.2. The number of carbonyl (C=O) groups is 1. The van der Waals surface area contributed by atoms with E-state index in [1.54, 1.807) is 30.8 Å². The van der Waals surface area contributed by atoms with Gasteiger partial charge in [0.1, 0.15) is 0 Å². The van der Waals surface area contributed by atoms with Crippen LogP contribution >= 0.6 is 11.8 Å². The molecule has 112 valence electrons. The molecule has 5 nitrogen and oxygen atoms in total. The Morgan fingerprint density at radius 1 is 1.35 bits per heavy atom. The van der Waals surface area contributed by atoms with Gasteiger partial charge >= 0.3 is 0 Å². The first kappa shape index (κ1) is 17.0. The van der Waals surface area contributed by atoms with Crippen molar-refractivity contribution < 1.29 is 13.2 Å². The molecule has 0 saturated heterocycles. The number of aryl methyl sites for hydroxylation is 1. The minimum absolute atomic E-state index is 0.114. The summed E-state index contributed by atoms with van der Waals surface area (Å²) >= 11 is 1.59. The fourth-order valence-electron chi connectivity index (χ4n) is 1.57. The number of nitrogens with zero attached hydrogens (tertiary/aromatic N) is 1. The van der Waals surface area contributed by atoms with Crippen molar-refractivity contribution >= 4 is 33.4 Å². The zero-order valence-corrected chi connectivity index (χ0v) is 13.8. The van der Waals surface area contributed by atoms with E-state index in [2.05, 4.69) is 5.32 Å². The fourth-order valence-corrected chi connectivity index (χ4v) is 3.10. The fraction of sp³-hybridized carbons (Fsp3) is 0.462. The smallest absolute Gasteiger partial charge is 0.242 e. The topological polar surface area (TPSA) is 66.5 Å². The number of rotatable bonds is 6. The monoisotopic (exact) mass is 316 g/mol. The quantitative estimate of drug-likeness (QED) is 0.871. The average molecular weight is 316 g/mol. The van der Waals surface area contributed by atoms with E-state index >= 15 is 0 Å². The molecule has 1 rings (SSSR count). The third-order valence-corrected chi connectivity index (χ3v) is 5.33. The summed E-state index contributed by atoms with van der Waals surface area (Å²) in [6, 6.07) is 4.91. The van der Waals surface area contributed by atoms with Crippen LogP contribution in [0.1, 0.15) is 12.0 Å². The predicted octanol–water partition coefficient (Wildman–Crippen LogP) is 1.94. The third-order valence-electron chi connectivity index (χ3n) is 2.76. The first-order valence-corrected chi connectivity index (χ1v) is 8.94. The summed E-state index contributed by atoms with van der Waals surface area (Å²) in [4.78, 5) is 11.9. The molecule has 0 unspecified atom stereocenters. The highest BCUT2D eigenvalue weighted by Crippen LogP contribution is 2.22. The number of benzene rings is 1. The molecule has 0 fully saturated rings. The molecule has 0 aliphatic heterocycles. The van der Waals surface area contributed by atoms with E-state index in [9.17, 15) is 13.2 Å². The van der Waals surface area contributed by atoms with Gasteiger partial charge in [-0.1, -0.05) is 6.07 Å². The third kappa shape index (κ3) is 4.22. The van der Waals surface area contributed by atoms with Gasteiger partial charge in [-0.3, -0.25) is 4.79 Å². The van der Waals surface area contributed by atoms with Crippen LogP contribution in [0.5, 0.6) is 0 Å². The lowest BCUT2D eigenvalue weighted by atomic mass is 10.2. The van der Waals surface area contributed by atoms with Gasteiger partial charge in [-0.05, 0) is 30.9 Å². The van der Waals surface area contributed by atoms with Gasteiger partial charge in [0, 0.05) is 32.0 Å². The van der Waals surface area contributed by atoms with Gasteiger partial charge in [0.2, 0.25) is 15.9 Å². The second kappa shape index (κ2) is 7.10. The molecule has 0 heterocycles. The molecular weight excluding hydrogens is 296 g/mol. The van der Waals surface area contributed by atoms with Crippen molar-refractivity contribution in [1.82, 2.24) is 4.31 Å². The molecule has 1 amide bonds. The summed E-state index contributed by atoms with van der Waals surface area (Å²) in [6.07, 6.45) is 2.34. The molecule has 0 aromatic heterocycles. The summed E-state index contributed by atoms with van der Waals surface area (Å²) in [7, 11) is -0.536. The Kier molecular flexibility index (Phi) is 6.04. The largest absolute Gasteiger partial charge is 0.326 e. The van der Waals surface area contributed by atoms with E-state index in [0.717, 1.165) is 10.1 Å². The number of sulfonamides is 1. The lowest BCUT2D eigenvalue weighted by molar-refractivity contribution is -0.115. The van der Waals surface area contributed by atoms with E-state index in [0.29, 0.717) is 17.7 Å². The molecular formula is C13H20N2O3S2. The Bertz CT molecular complexity index is 583. The Balaban J connectivity index is 3.01. The number of hydrogen-bond acceptors (Lipinski definition) is 4. The summed E-state index contributed by atoms with van der Waals surface area (Å²) < 4.78 is 25.5. The van der Waals surface area contributed by atoms with Crippen LogP contribution < -0.4 is 5.32 Å². The van der Waals surface area contributed by atoms with Gasteiger partial charge in [-0.25, -0.2) is 12.7 Å². The van der Waals surface area contributed by atoms with Crippen LogP contribution in [0.4, 0.5) is 5.69 Å². The van der Waals surface area contributed by atoms with E-state index in [4.69, 9.17) is 0 Å². The minimum Gasteiger partial charge on any atom is -0.326 e. The number of nitrogens with one attached hydrogen (secondary N) is 1. The molecule has 0 spiro atoms. The molecule has 1 N–H and O–H groups in total. The lowest BCUT2D eigenvalue weighted by Crippen LogP contribution is -2.23. The van der Waals surface area contributed by atoms with Crippen molar-refractivity contribution in [3.8, 4) is 0 Å². The number of anilines is 1. The molecule has 1 aromatic rings. The van der Waals surface area contributed by atoms with Crippen LogP contribution in [-0.2, 0) is 14.8 Å². The van der Waals surface area contributed by atoms with Gasteiger partial charge in [0.25, 0.3) is 0 Å². The van der Waals surface area contributed by atoms with Crippen LogP contribution in [-0.4, -0.2) is 44.7 Å². The molecule has 0 aliphatic rings. The van der Waals surface area contributed by atoms with Crippen molar-refractivity contribution in [2.24, 2.45) is 0 Å². The maximum absolute atomic E-state index is 12.2. The van der Waals surface area contributed by atoms with Gasteiger partial charge in [0.05, 0.1) is 4.90 Å². The zero-order valence-electron chi connectivity index (χ0n) is 12.1. The summed E-state index contributed by atoms with van der Waals surface area (Å²) in [6.45, 7) is 1.73. The van der Waals surface area contributed by atoms with Gasteiger partial charge in [0.15, 0.2) is 0 Å². The highest BCUT2D eigenvalue weighted by molar-refractivity contribution is 7.98. The molecule has 0 atom stereocenters. The first-order valence-electron chi connectivity index (χ1n) is 6.11. The average Bonchev–Trinajstić information content (AvgIpc) is 2.38. The molecule has 1 aromatic carbocycles. The molecule has 0 radical (unpaired) electrons. The summed E-state index contributed by atoms with van der Waals surface area (Å²) in [5, 5.41) is 2.72. The van der Waals surface area contributed by atoms with Crippen LogP contribution in [0.25, 0.3) is 0 Å². The molecule has 0 bridgehead atoms. The van der Waals surface area contributed by atoms with Gasteiger partial charge in [-0.2, -0.15) is 11.8 Å². The van der Waals surface area contributed by atoms with Crippen molar-refractivity contribution in [1.29, 1.82) is 0 Å². The highest BCUT2D eigenvalue weighted by Gasteiger charge is 2.20. The van der Waals surface area contributed by atoms with Crippen molar-refractivity contribution in [3.05, 3.63) is 23.8 Å². The second-order valence-electron chi connectivity index (χ2n) is 4.56. The first-order chi connectivity index (χ1) is 9.28. The Morgan fingerprint density at radius 2 is 2.00 bits per heavy atom. The molecule has 7 heteroatoms. The van der Waals surface area contributed by atoms with Gasteiger partial charge < -0.3 is 5.32 Å². The Labute approximate surface area is 124 Å². The normalized spacial score (nSPS) is 11.7. The molecule has 20 heavy (non-hydrogen) atoms. The number of carbonyl (C=O) groups excluding carboxylic acids is 1. The summed E-state index contributed by atoms with van der Waals surface area (Å²) in [5.41, 5.74) is 1.16. The maximum atomic E-state index is 12.2. The van der Waals surface area contributed by atoms with Crippen LogP contribution in [0.2, 0.25) is 0 Å². The maximum Gasteiger partial charge on any atom is 0.242 e. The van der Waals surface area contributed by atoms with E-state index in [1.807, 2.05) is 6.26 Å². The number of thioether (sulfide) groups is 1. The van der Waals surface area contributed by atoms with Crippen molar-refractivity contribution in [2.75, 3.05) is 31.4 Å². The standard InChI is InChI=1S/C13H20N2O3S2/c1-10-5-6-11(14-13(16)7-8-19-4)9-12(10)20(17,18)15(2)3/h5-6,9H,7-8H2,1-4H3,(H,14,16). The lowest BCUT2D eigenvalue weighted by Gasteiger charge is -2.15. The molecule has 0 aliphatic carbocycles. The van der Waals surface area contributed by atoms with Crippen LogP contribution in [0, 0.1) is 6.92 Å².